The fraction of sp³-hybridized carbons (Fsp3) is 0.280. The fourth-order valence-corrected chi connectivity index (χ4v) is 3.61. The van der Waals surface area contributed by atoms with Crippen molar-refractivity contribution in [1.29, 1.82) is 0 Å². The number of para-hydroxylation sites is 1. The van der Waals surface area contributed by atoms with Crippen LogP contribution in [0, 0.1) is 6.92 Å². The van der Waals surface area contributed by atoms with Crippen molar-refractivity contribution < 1.29 is 4.74 Å². The Morgan fingerprint density at radius 1 is 1.03 bits per heavy atom. The van der Waals surface area contributed by atoms with Crippen molar-refractivity contribution in [2.24, 2.45) is 0 Å². The molecule has 0 aliphatic rings. The van der Waals surface area contributed by atoms with Gasteiger partial charge < -0.3 is 10.1 Å². The van der Waals surface area contributed by atoms with E-state index < -0.39 is 0 Å². The van der Waals surface area contributed by atoms with Crippen molar-refractivity contribution in [3.63, 3.8) is 0 Å². The van der Waals surface area contributed by atoms with Gasteiger partial charge >= 0.3 is 0 Å². The second-order valence-corrected chi connectivity index (χ2v) is 8.01. The van der Waals surface area contributed by atoms with Crippen molar-refractivity contribution >= 4 is 16.6 Å². The lowest BCUT2D eigenvalue weighted by atomic mass is 10.1. The monoisotopic (exact) mass is 429 g/mol. The average molecular weight is 430 g/mol. The van der Waals surface area contributed by atoms with Gasteiger partial charge in [0.05, 0.1) is 29.4 Å². The third kappa shape index (κ3) is 4.61. The molecule has 0 saturated heterocycles. The molecule has 2 aromatic heterocycles. The summed E-state index contributed by atoms with van der Waals surface area (Å²) in [7, 11) is 0. The van der Waals surface area contributed by atoms with Crippen molar-refractivity contribution in [3.05, 3.63) is 88.2 Å². The number of aromatic nitrogens is 4. The van der Waals surface area contributed by atoms with E-state index in [9.17, 15) is 4.79 Å². The molecule has 7 heteroatoms. The summed E-state index contributed by atoms with van der Waals surface area (Å²) in [6.45, 7) is 8.33. The summed E-state index contributed by atoms with van der Waals surface area (Å²) >= 11 is 0. The summed E-state index contributed by atoms with van der Waals surface area (Å²) in [5.74, 6) is 2.16. The summed E-state index contributed by atoms with van der Waals surface area (Å²) in [5.41, 5.74) is 1.62. The van der Waals surface area contributed by atoms with Gasteiger partial charge in [-0.15, -0.1) is 0 Å². The van der Waals surface area contributed by atoms with E-state index in [0.29, 0.717) is 23.6 Å². The van der Waals surface area contributed by atoms with Gasteiger partial charge in [-0.3, -0.25) is 4.79 Å². The van der Waals surface area contributed by atoms with Gasteiger partial charge in [-0.1, -0.05) is 36.4 Å². The molecule has 1 N–H and O–H groups in total. The maximum absolute atomic E-state index is 13.0. The van der Waals surface area contributed by atoms with Crippen LogP contribution in [-0.2, 0) is 6.54 Å². The maximum Gasteiger partial charge on any atom is 0.275 e. The van der Waals surface area contributed by atoms with E-state index in [0.717, 1.165) is 22.4 Å². The van der Waals surface area contributed by atoms with E-state index in [2.05, 4.69) is 20.4 Å². The first-order chi connectivity index (χ1) is 15.4. The first kappa shape index (κ1) is 21.5. The van der Waals surface area contributed by atoms with Gasteiger partial charge in [0.15, 0.2) is 0 Å². The molecule has 0 aliphatic heterocycles. The minimum Gasteiger partial charge on any atom is -0.491 e. The topological polar surface area (TPSA) is 81.9 Å². The van der Waals surface area contributed by atoms with Crippen LogP contribution < -0.4 is 15.6 Å². The summed E-state index contributed by atoms with van der Waals surface area (Å²) < 4.78 is 7.38. The van der Waals surface area contributed by atoms with Crippen LogP contribution >= 0.6 is 0 Å². The molecule has 4 aromatic rings. The van der Waals surface area contributed by atoms with Crippen molar-refractivity contribution in [2.45, 2.75) is 46.4 Å². The number of aryl methyl sites for hydroxylation is 1. The number of hydrogen-bond acceptors (Lipinski definition) is 6. The molecule has 0 amide bonds. The SMILES string of the molecule is Cc1nc(NCc2ccccc2OC(C)C)cc(C(C)n2ncc3ccccc3c2=O)n1. The molecular weight excluding hydrogens is 402 g/mol. The van der Waals surface area contributed by atoms with Gasteiger partial charge in [0, 0.05) is 23.6 Å². The van der Waals surface area contributed by atoms with Gasteiger partial charge in [0.1, 0.15) is 17.4 Å². The molecule has 7 nitrogen and oxygen atoms in total. The van der Waals surface area contributed by atoms with Crippen LogP contribution in [0.3, 0.4) is 0 Å². The Morgan fingerprint density at radius 2 is 1.78 bits per heavy atom. The molecule has 0 bridgehead atoms. The van der Waals surface area contributed by atoms with E-state index in [1.165, 1.54) is 4.68 Å². The number of rotatable bonds is 7. The van der Waals surface area contributed by atoms with Crippen molar-refractivity contribution in [2.75, 3.05) is 5.32 Å². The van der Waals surface area contributed by atoms with Crippen LogP contribution in [0.4, 0.5) is 5.82 Å². The molecule has 32 heavy (non-hydrogen) atoms. The van der Waals surface area contributed by atoms with Crippen LogP contribution in [-0.4, -0.2) is 25.9 Å². The van der Waals surface area contributed by atoms with E-state index in [4.69, 9.17) is 4.74 Å². The minimum absolute atomic E-state index is 0.0951. The number of fused-ring (bicyclic) bond motifs is 1. The van der Waals surface area contributed by atoms with Crippen molar-refractivity contribution in [1.82, 2.24) is 19.7 Å². The molecule has 0 spiro atoms. The molecule has 164 valence electrons. The Bertz CT molecular complexity index is 1300. The number of hydrogen-bond donors (Lipinski definition) is 1. The minimum atomic E-state index is -0.342. The Kier molecular flexibility index (Phi) is 6.16. The molecule has 2 heterocycles. The Morgan fingerprint density at radius 3 is 2.59 bits per heavy atom. The highest BCUT2D eigenvalue weighted by molar-refractivity contribution is 5.80. The molecule has 0 aliphatic carbocycles. The predicted octanol–water partition coefficient (Wildman–Crippen LogP) is 4.50. The number of ether oxygens (including phenoxy) is 1. The van der Waals surface area contributed by atoms with Crippen LogP contribution in [0.5, 0.6) is 5.75 Å². The average Bonchev–Trinajstić information content (AvgIpc) is 2.78. The number of anilines is 1. The standard InChI is InChI=1S/C25H27N5O2/c1-16(2)32-23-12-8-6-10-20(23)14-26-24-13-22(28-18(4)29-24)17(3)30-25(31)21-11-7-5-9-19(21)15-27-30/h5-13,15-17H,14H2,1-4H3,(H,26,28,29). The molecule has 1 unspecified atom stereocenters. The van der Waals surface area contributed by atoms with Gasteiger partial charge in [-0.2, -0.15) is 5.10 Å². The van der Waals surface area contributed by atoms with Crippen molar-refractivity contribution in [3.8, 4) is 5.75 Å². The third-order valence-electron chi connectivity index (χ3n) is 5.17. The quantitative estimate of drug-likeness (QED) is 0.466. The van der Waals surface area contributed by atoms with Gasteiger partial charge in [0.25, 0.3) is 5.56 Å². The summed E-state index contributed by atoms with van der Waals surface area (Å²) in [6, 6.07) is 16.9. The molecule has 1 atom stereocenters. The zero-order valence-corrected chi connectivity index (χ0v) is 18.7. The highest BCUT2D eigenvalue weighted by Gasteiger charge is 2.16. The van der Waals surface area contributed by atoms with Gasteiger partial charge in [0.2, 0.25) is 0 Å². The van der Waals surface area contributed by atoms with Crippen LogP contribution in [0.2, 0.25) is 0 Å². The molecule has 2 aromatic carbocycles. The van der Waals surface area contributed by atoms with E-state index in [1.54, 1.807) is 6.20 Å². The Hall–Kier alpha value is -3.74. The van der Waals surface area contributed by atoms with E-state index in [1.807, 2.05) is 82.3 Å². The highest BCUT2D eigenvalue weighted by atomic mass is 16.5. The lowest BCUT2D eigenvalue weighted by Crippen LogP contribution is -2.27. The highest BCUT2D eigenvalue weighted by Crippen LogP contribution is 2.22. The second kappa shape index (κ2) is 9.18. The second-order valence-electron chi connectivity index (χ2n) is 8.01. The number of benzene rings is 2. The summed E-state index contributed by atoms with van der Waals surface area (Å²) in [5, 5.41) is 9.21. The molecular formula is C25H27N5O2. The zero-order valence-electron chi connectivity index (χ0n) is 18.7. The zero-order chi connectivity index (χ0) is 22.7. The first-order valence-electron chi connectivity index (χ1n) is 10.7. The van der Waals surface area contributed by atoms with Crippen LogP contribution in [0.25, 0.3) is 10.8 Å². The summed E-state index contributed by atoms with van der Waals surface area (Å²) in [6.07, 6.45) is 1.81. The van der Waals surface area contributed by atoms with Gasteiger partial charge in [-0.25, -0.2) is 14.6 Å². The predicted molar refractivity (Wildman–Crippen MR) is 126 cm³/mol. The first-order valence-corrected chi connectivity index (χ1v) is 10.7. The molecule has 0 radical (unpaired) electrons. The van der Waals surface area contributed by atoms with E-state index in [-0.39, 0.29) is 17.7 Å². The third-order valence-corrected chi connectivity index (χ3v) is 5.17. The maximum atomic E-state index is 13.0. The lowest BCUT2D eigenvalue weighted by molar-refractivity contribution is 0.240. The molecule has 4 rings (SSSR count). The van der Waals surface area contributed by atoms with Crippen LogP contribution in [0.1, 0.15) is 43.9 Å². The largest absolute Gasteiger partial charge is 0.491 e. The molecule has 0 fully saturated rings. The Balaban J connectivity index is 1.60. The van der Waals surface area contributed by atoms with E-state index >= 15 is 0 Å². The number of nitrogens with zero attached hydrogens (tertiary/aromatic N) is 4. The number of nitrogens with one attached hydrogen (secondary N) is 1. The normalized spacial score (nSPS) is 12.2. The van der Waals surface area contributed by atoms with Gasteiger partial charge in [-0.05, 0) is 39.8 Å². The Labute approximate surface area is 187 Å². The summed E-state index contributed by atoms with van der Waals surface area (Å²) in [4.78, 5) is 22.1. The smallest absolute Gasteiger partial charge is 0.275 e. The molecule has 0 saturated carbocycles. The van der Waals surface area contributed by atoms with Crippen LogP contribution in [0.15, 0.2) is 65.6 Å². The lowest BCUT2D eigenvalue weighted by Gasteiger charge is -2.17. The fourth-order valence-electron chi connectivity index (χ4n) is 3.61.